The summed E-state index contributed by atoms with van der Waals surface area (Å²) in [6.07, 6.45) is 3.02. The van der Waals surface area contributed by atoms with Crippen LogP contribution >= 0.6 is 11.6 Å². The molecule has 0 fully saturated rings. The summed E-state index contributed by atoms with van der Waals surface area (Å²) in [6.45, 7) is 8.76. The van der Waals surface area contributed by atoms with E-state index in [0.717, 1.165) is 18.8 Å². The molecule has 0 spiro atoms. The summed E-state index contributed by atoms with van der Waals surface area (Å²) in [5.41, 5.74) is 4.89. The highest BCUT2D eigenvalue weighted by Crippen LogP contribution is 2.32. The van der Waals surface area contributed by atoms with E-state index < -0.39 is 0 Å². The number of nitrogens with zero attached hydrogens (tertiary/aromatic N) is 4. The number of amides is 1. The monoisotopic (exact) mass is 438 g/mol. The van der Waals surface area contributed by atoms with E-state index in [2.05, 4.69) is 52.5 Å². The van der Waals surface area contributed by atoms with Crippen molar-refractivity contribution >= 4 is 28.9 Å². The summed E-state index contributed by atoms with van der Waals surface area (Å²) in [7, 11) is 0. The Morgan fingerprint density at radius 3 is 2.74 bits per heavy atom. The SMILES string of the molecule is CC(C)C(C)N1Cc2cccc(NCC(=O)Nc3cc(Cl)ccc3-n3cncn3)c2C1. The van der Waals surface area contributed by atoms with E-state index >= 15 is 0 Å². The summed E-state index contributed by atoms with van der Waals surface area (Å²) in [4.78, 5) is 19.2. The predicted molar refractivity (Wildman–Crippen MR) is 123 cm³/mol. The Hall–Kier alpha value is -2.90. The van der Waals surface area contributed by atoms with Gasteiger partial charge in [0.2, 0.25) is 5.91 Å². The Kier molecular flexibility index (Phi) is 6.25. The fourth-order valence-corrected chi connectivity index (χ4v) is 4.01. The van der Waals surface area contributed by atoms with Crippen LogP contribution in [0.25, 0.3) is 5.69 Å². The number of anilines is 2. The van der Waals surface area contributed by atoms with Gasteiger partial charge >= 0.3 is 0 Å². The Labute approximate surface area is 187 Å². The lowest BCUT2D eigenvalue weighted by atomic mass is 10.1. The topological polar surface area (TPSA) is 75.1 Å². The van der Waals surface area contributed by atoms with E-state index in [1.807, 2.05) is 12.1 Å². The number of hydrogen-bond donors (Lipinski definition) is 2. The van der Waals surface area contributed by atoms with Crippen LogP contribution in [0.3, 0.4) is 0 Å². The number of halogens is 1. The number of nitrogens with one attached hydrogen (secondary N) is 2. The summed E-state index contributed by atoms with van der Waals surface area (Å²) < 4.78 is 1.59. The minimum absolute atomic E-state index is 0.152. The smallest absolute Gasteiger partial charge is 0.243 e. The summed E-state index contributed by atoms with van der Waals surface area (Å²) in [5.74, 6) is 0.431. The van der Waals surface area contributed by atoms with Crippen molar-refractivity contribution < 1.29 is 4.79 Å². The second-order valence-corrected chi connectivity index (χ2v) is 8.67. The molecule has 1 unspecified atom stereocenters. The van der Waals surface area contributed by atoms with Crippen LogP contribution < -0.4 is 10.6 Å². The molecule has 2 heterocycles. The zero-order valence-electron chi connectivity index (χ0n) is 18.0. The average Bonchev–Trinajstić information content (AvgIpc) is 3.41. The molecule has 1 aromatic heterocycles. The second kappa shape index (κ2) is 9.08. The van der Waals surface area contributed by atoms with E-state index in [1.165, 1.54) is 17.5 Å². The number of hydrogen-bond acceptors (Lipinski definition) is 5. The fraction of sp³-hybridized carbons (Fsp3) is 0.348. The summed E-state index contributed by atoms with van der Waals surface area (Å²) >= 11 is 6.14. The molecule has 1 atom stereocenters. The number of rotatable bonds is 7. The van der Waals surface area contributed by atoms with E-state index in [1.54, 1.807) is 29.2 Å². The van der Waals surface area contributed by atoms with Crippen molar-refractivity contribution in [2.75, 3.05) is 17.2 Å². The maximum atomic E-state index is 12.7. The van der Waals surface area contributed by atoms with E-state index in [9.17, 15) is 4.79 Å². The fourth-order valence-electron chi connectivity index (χ4n) is 3.83. The molecule has 2 aromatic carbocycles. The van der Waals surface area contributed by atoms with Crippen molar-refractivity contribution in [3.63, 3.8) is 0 Å². The molecule has 8 heteroatoms. The van der Waals surface area contributed by atoms with Gasteiger partial charge < -0.3 is 10.6 Å². The van der Waals surface area contributed by atoms with Gasteiger partial charge in [-0.05, 0) is 48.2 Å². The summed E-state index contributed by atoms with van der Waals surface area (Å²) in [5, 5.41) is 10.9. The van der Waals surface area contributed by atoms with Gasteiger partial charge in [0.1, 0.15) is 12.7 Å². The number of fused-ring (bicyclic) bond motifs is 1. The molecule has 7 nitrogen and oxygen atoms in total. The molecule has 162 valence electrons. The normalized spacial score (nSPS) is 14.5. The molecule has 1 aliphatic heterocycles. The molecule has 2 N–H and O–H groups in total. The van der Waals surface area contributed by atoms with E-state index in [4.69, 9.17) is 11.6 Å². The third kappa shape index (κ3) is 4.73. The molecule has 0 saturated heterocycles. The molecule has 0 radical (unpaired) electrons. The predicted octanol–water partition coefficient (Wildman–Crippen LogP) is 4.33. The lowest BCUT2D eigenvalue weighted by molar-refractivity contribution is -0.114. The molecule has 0 aliphatic carbocycles. The van der Waals surface area contributed by atoms with E-state index in [-0.39, 0.29) is 12.5 Å². The van der Waals surface area contributed by atoms with Crippen LogP contribution in [0.15, 0.2) is 49.1 Å². The maximum absolute atomic E-state index is 12.7. The van der Waals surface area contributed by atoms with Crippen molar-refractivity contribution in [1.29, 1.82) is 0 Å². The number of benzene rings is 2. The van der Waals surface area contributed by atoms with Crippen LogP contribution in [0.2, 0.25) is 5.02 Å². The van der Waals surface area contributed by atoms with Crippen LogP contribution in [0.5, 0.6) is 0 Å². The molecule has 0 saturated carbocycles. The highest BCUT2D eigenvalue weighted by Gasteiger charge is 2.26. The molecule has 3 aromatic rings. The Morgan fingerprint density at radius 1 is 1.16 bits per heavy atom. The minimum atomic E-state index is -0.161. The largest absolute Gasteiger partial charge is 0.376 e. The van der Waals surface area contributed by atoms with Gasteiger partial charge in [0.15, 0.2) is 0 Å². The highest BCUT2D eigenvalue weighted by molar-refractivity contribution is 6.31. The van der Waals surface area contributed by atoms with Crippen LogP contribution in [0, 0.1) is 5.92 Å². The first-order chi connectivity index (χ1) is 14.9. The lowest BCUT2D eigenvalue weighted by Crippen LogP contribution is -2.32. The zero-order valence-corrected chi connectivity index (χ0v) is 18.7. The van der Waals surface area contributed by atoms with Gasteiger partial charge in [0.25, 0.3) is 0 Å². The van der Waals surface area contributed by atoms with Gasteiger partial charge in [-0.1, -0.05) is 37.6 Å². The number of carbonyl (C=O) groups excluding carboxylic acids is 1. The first-order valence-corrected chi connectivity index (χ1v) is 10.8. The molecular weight excluding hydrogens is 412 g/mol. The first-order valence-electron chi connectivity index (χ1n) is 10.5. The minimum Gasteiger partial charge on any atom is -0.376 e. The van der Waals surface area contributed by atoms with Crippen molar-refractivity contribution in [2.24, 2.45) is 5.92 Å². The standard InChI is InChI=1S/C23H27ClN6O/c1-15(2)16(3)29-11-17-5-4-6-20(19(17)12-29)26-10-23(31)28-21-9-18(24)7-8-22(21)30-14-25-13-27-30/h4-9,13-16,26H,10-12H2,1-3H3,(H,28,31). The quantitative estimate of drug-likeness (QED) is 0.574. The molecule has 1 aliphatic rings. The van der Waals surface area contributed by atoms with Gasteiger partial charge in [-0.15, -0.1) is 0 Å². The van der Waals surface area contributed by atoms with Crippen LogP contribution in [0.4, 0.5) is 11.4 Å². The molecule has 4 rings (SSSR count). The molecular formula is C23H27ClN6O. The van der Waals surface area contributed by atoms with Gasteiger partial charge in [-0.3, -0.25) is 9.69 Å². The van der Waals surface area contributed by atoms with Gasteiger partial charge in [0, 0.05) is 29.8 Å². The first kappa shape index (κ1) is 21.3. The Balaban J connectivity index is 1.44. The maximum Gasteiger partial charge on any atom is 0.243 e. The van der Waals surface area contributed by atoms with Crippen molar-refractivity contribution in [3.8, 4) is 5.69 Å². The van der Waals surface area contributed by atoms with E-state index in [0.29, 0.717) is 28.4 Å². The zero-order chi connectivity index (χ0) is 22.0. The summed E-state index contributed by atoms with van der Waals surface area (Å²) in [6, 6.07) is 12.0. The Bertz CT molecular complexity index is 1070. The van der Waals surface area contributed by atoms with Crippen LogP contribution in [0.1, 0.15) is 31.9 Å². The average molecular weight is 439 g/mol. The molecule has 1 amide bonds. The Morgan fingerprint density at radius 2 is 2.00 bits per heavy atom. The molecule has 31 heavy (non-hydrogen) atoms. The van der Waals surface area contributed by atoms with Crippen LogP contribution in [-0.2, 0) is 17.9 Å². The van der Waals surface area contributed by atoms with Crippen molar-refractivity contribution in [2.45, 2.75) is 39.9 Å². The van der Waals surface area contributed by atoms with Gasteiger partial charge in [0.05, 0.1) is 17.9 Å². The highest BCUT2D eigenvalue weighted by atomic mass is 35.5. The van der Waals surface area contributed by atoms with Crippen molar-refractivity contribution in [1.82, 2.24) is 19.7 Å². The van der Waals surface area contributed by atoms with Crippen molar-refractivity contribution in [3.05, 3.63) is 65.2 Å². The number of carbonyl (C=O) groups is 1. The third-order valence-corrected chi connectivity index (χ3v) is 6.12. The van der Waals surface area contributed by atoms with Gasteiger partial charge in [-0.25, -0.2) is 9.67 Å². The molecule has 0 bridgehead atoms. The van der Waals surface area contributed by atoms with Crippen LogP contribution in [-0.4, -0.2) is 38.2 Å². The third-order valence-electron chi connectivity index (χ3n) is 5.89. The lowest BCUT2D eigenvalue weighted by Gasteiger charge is -2.27. The second-order valence-electron chi connectivity index (χ2n) is 8.24. The number of aromatic nitrogens is 3. The van der Waals surface area contributed by atoms with Gasteiger partial charge in [-0.2, -0.15) is 5.10 Å².